The molecule has 1 N–H and O–H groups in total. The highest BCUT2D eigenvalue weighted by Crippen LogP contribution is 2.25. The lowest BCUT2D eigenvalue weighted by Gasteiger charge is -2.35. The van der Waals surface area contributed by atoms with Gasteiger partial charge in [-0.25, -0.2) is 8.70 Å². The van der Waals surface area contributed by atoms with Gasteiger partial charge in [-0.15, -0.1) is 0 Å². The predicted molar refractivity (Wildman–Crippen MR) is 167 cm³/mol. The van der Waals surface area contributed by atoms with Gasteiger partial charge < -0.3 is 10.2 Å². The van der Waals surface area contributed by atoms with Gasteiger partial charge in [0.05, 0.1) is 5.69 Å². The van der Waals surface area contributed by atoms with Crippen LogP contribution in [-0.2, 0) is 32.8 Å². The maximum absolute atomic E-state index is 15.0. The van der Waals surface area contributed by atoms with Gasteiger partial charge in [-0.2, -0.15) is 12.7 Å². The van der Waals surface area contributed by atoms with Gasteiger partial charge in [0.25, 0.3) is 0 Å². The summed E-state index contributed by atoms with van der Waals surface area (Å²) < 4.78 is 43.5. The van der Waals surface area contributed by atoms with Gasteiger partial charge in [0, 0.05) is 38.1 Å². The Morgan fingerprint density at radius 2 is 1.58 bits per heavy atom. The highest BCUT2D eigenvalue weighted by Gasteiger charge is 2.36. The second-order valence-electron chi connectivity index (χ2n) is 10.9. The molecule has 3 aromatic carbocycles. The van der Waals surface area contributed by atoms with Crippen molar-refractivity contribution < 1.29 is 22.4 Å². The number of amides is 2. The third kappa shape index (κ3) is 8.55. The van der Waals surface area contributed by atoms with Crippen LogP contribution in [0.25, 0.3) is 0 Å². The molecular formula is C32H38ClFN4O4S. The summed E-state index contributed by atoms with van der Waals surface area (Å²) in [6.07, 6.45) is 5.05. The molecule has 3 aromatic rings. The molecule has 1 unspecified atom stereocenters. The molecule has 230 valence electrons. The van der Waals surface area contributed by atoms with E-state index in [2.05, 4.69) is 5.32 Å². The number of nitrogens with one attached hydrogen (secondary N) is 1. The summed E-state index contributed by atoms with van der Waals surface area (Å²) in [6.45, 7) is -0.730. The van der Waals surface area contributed by atoms with Gasteiger partial charge >= 0.3 is 10.2 Å². The maximum atomic E-state index is 15.0. The zero-order valence-electron chi connectivity index (χ0n) is 24.5. The molecule has 2 amide bonds. The highest BCUT2D eigenvalue weighted by atomic mass is 35.5. The van der Waals surface area contributed by atoms with Gasteiger partial charge in [-0.05, 0) is 48.2 Å². The van der Waals surface area contributed by atoms with Crippen molar-refractivity contribution in [1.82, 2.24) is 14.5 Å². The molecule has 43 heavy (non-hydrogen) atoms. The van der Waals surface area contributed by atoms with E-state index in [4.69, 9.17) is 11.6 Å². The zero-order valence-corrected chi connectivity index (χ0v) is 26.0. The number of halogens is 2. The summed E-state index contributed by atoms with van der Waals surface area (Å²) in [6, 6.07) is 20.7. The number of rotatable bonds is 12. The largest absolute Gasteiger partial charge is 0.352 e. The number of para-hydroxylation sites is 1. The Labute approximate surface area is 258 Å². The van der Waals surface area contributed by atoms with E-state index in [0.717, 1.165) is 52.3 Å². The van der Waals surface area contributed by atoms with Crippen LogP contribution in [0.3, 0.4) is 0 Å². The first-order chi connectivity index (χ1) is 20.6. The SMILES string of the molecule is CN(C)S(=O)(=O)N(CC(=O)N(Cc1cccc(Cl)c1)C(Cc1ccccc1)C(=O)NC1CCCCC1)c1ccccc1F. The van der Waals surface area contributed by atoms with Crippen molar-refractivity contribution in [3.8, 4) is 0 Å². The first-order valence-corrected chi connectivity index (χ1v) is 16.2. The van der Waals surface area contributed by atoms with Crippen LogP contribution < -0.4 is 9.62 Å². The van der Waals surface area contributed by atoms with Gasteiger partial charge in [0.15, 0.2) is 0 Å². The Hall–Kier alpha value is -3.47. The zero-order chi connectivity index (χ0) is 31.0. The van der Waals surface area contributed by atoms with Crippen LogP contribution in [0.15, 0.2) is 78.9 Å². The molecule has 11 heteroatoms. The molecule has 0 aliphatic heterocycles. The van der Waals surface area contributed by atoms with Crippen molar-refractivity contribution in [1.29, 1.82) is 0 Å². The normalized spacial score (nSPS) is 14.7. The molecule has 4 rings (SSSR count). The van der Waals surface area contributed by atoms with Crippen LogP contribution in [-0.4, -0.2) is 62.2 Å². The number of hydrogen-bond acceptors (Lipinski definition) is 4. The number of nitrogens with zero attached hydrogens (tertiary/aromatic N) is 3. The molecule has 1 aliphatic carbocycles. The molecule has 0 saturated heterocycles. The lowest BCUT2D eigenvalue weighted by molar-refractivity contribution is -0.140. The molecule has 0 aromatic heterocycles. The summed E-state index contributed by atoms with van der Waals surface area (Å²) in [5.74, 6) is -1.77. The Kier molecular flexibility index (Phi) is 11.2. The monoisotopic (exact) mass is 628 g/mol. The van der Waals surface area contributed by atoms with Gasteiger partial charge in [0.2, 0.25) is 11.8 Å². The molecule has 0 spiro atoms. The maximum Gasteiger partial charge on any atom is 0.304 e. The van der Waals surface area contributed by atoms with Crippen molar-refractivity contribution in [2.75, 3.05) is 24.9 Å². The van der Waals surface area contributed by atoms with E-state index >= 15 is 0 Å². The minimum absolute atomic E-state index is 0.00771. The second kappa shape index (κ2) is 14.8. The quantitative estimate of drug-likeness (QED) is 0.299. The molecule has 8 nitrogen and oxygen atoms in total. The Morgan fingerprint density at radius 1 is 0.930 bits per heavy atom. The highest BCUT2D eigenvalue weighted by molar-refractivity contribution is 7.90. The minimum atomic E-state index is -4.29. The molecule has 0 bridgehead atoms. The van der Waals surface area contributed by atoms with Crippen LogP contribution in [0.5, 0.6) is 0 Å². The third-order valence-corrected chi connectivity index (χ3v) is 9.65. The minimum Gasteiger partial charge on any atom is -0.352 e. The number of carbonyl (C=O) groups is 2. The molecule has 0 heterocycles. The molecule has 1 fully saturated rings. The fourth-order valence-electron chi connectivity index (χ4n) is 5.29. The van der Waals surface area contributed by atoms with Gasteiger partial charge in [-0.3, -0.25) is 9.59 Å². The summed E-state index contributed by atoms with van der Waals surface area (Å²) >= 11 is 6.27. The van der Waals surface area contributed by atoms with Crippen molar-refractivity contribution in [2.45, 2.75) is 57.2 Å². The van der Waals surface area contributed by atoms with Gasteiger partial charge in [0.1, 0.15) is 18.4 Å². The van der Waals surface area contributed by atoms with Gasteiger partial charge in [-0.1, -0.05) is 85.5 Å². The van der Waals surface area contributed by atoms with Crippen LogP contribution in [0.1, 0.15) is 43.2 Å². The van der Waals surface area contributed by atoms with E-state index in [1.165, 1.54) is 37.2 Å². The Bertz CT molecular complexity index is 1500. The number of carbonyl (C=O) groups excluding carboxylic acids is 2. The lowest BCUT2D eigenvalue weighted by Crippen LogP contribution is -2.55. The number of hydrogen-bond donors (Lipinski definition) is 1. The topological polar surface area (TPSA) is 90.0 Å². The van der Waals surface area contributed by atoms with E-state index in [0.29, 0.717) is 10.6 Å². The van der Waals surface area contributed by atoms with E-state index in [1.54, 1.807) is 24.3 Å². The van der Waals surface area contributed by atoms with Crippen molar-refractivity contribution >= 4 is 39.3 Å². The summed E-state index contributed by atoms with van der Waals surface area (Å²) in [5.41, 5.74) is 1.23. The second-order valence-corrected chi connectivity index (χ2v) is 13.5. The van der Waals surface area contributed by atoms with Crippen LogP contribution >= 0.6 is 11.6 Å². The van der Waals surface area contributed by atoms with Crippen LogP contribution in [0.2, 0.25) is 5.02 Å². The van der Waals surface area contributed by atoms with E-state index in [1.807, 2.05) is 30.3 Å². The molecule has 1 atom stereocenters. The molecule has 1 aliphatic rings. The first-order valence-electron chi connectivity index (χ1n) is 14.4. The van der Waals surface area contributed by atoms with Crippen molar-refractivity contribution in [3.63, 3.8) is 0 Å². The van der Waals surface area contributed by atoms with E-state index in [-0.39, 0.29) is 30.6 Å². The molecule has 0 radical (unpaired) electrons. The number of anilines is 1. The Balaban J connectivity index is 1.76. The summed E-state index contributed by atoms with van der Waals surface area (Å²) in [4.78, 5) is 29.7. The standard InChI is InChI=1S/C32H38ClFN4O4S/c1-36(2)43(41,42)38(29-19-10-9-18-28(29)34)23-31(39)37(22-25-14-11-15-26(33)20-25)30(21-24-12-5-3-6-13-24)32(40)35-27-16-7-4-8-17-27/h3,5-6,9-15,18-20,27,30H,4,7-8,16-17,21-23H2,1-2H3,(H,35,40). The summed E-state index contributed by atoms with van der Waals surface area (Å²) in [7, 11) is -1.67. The third-order valence-electron chi connectivity index (χ3n) is 7.60. The lowest BCUT2D eigenvalue weighted by atomic mass is 9.94. The predicted octanol–water partition coefficient (Wildman–Crippen LogP) is 5.18. The summed E-state index contributed by atoms with van der Waals surface area (Å²) in [5, 5.41) is 3.61. The number of benzene rings is 3. The van der Waals surface area contributed by atoms with Crippen molar-refractivity contribution in [3.05, 3.63) is 101 Å². The van der Waals surface area contributed by atoms with E-state index in [9.17, 15) is 22.4 Å². The van der Waals surface area contributed by atoms with Crippen LogP contribution in [0.4, 0.5) is 10.1 Å². The fourth-order valence-corrected chi connectivity index (χ4v) is 6.56. The van der Waals surface area contributed by atoms with E-state index < -0.39 is 34.5 Å². The van der Waals surface area contributed by atoms with Crippen LogP contribution in [0, 0.1) is 5.82 Å². The first kappa shape index (κ1) is 32.4. The smallest absolute Gasteiger partial charge is 0.304 e. The molecular weight excluding hydrogens is 591 g/mol. The fraction of sp³-hybridized carbons (Fsp3) is 0.375. The Morgan fingerprint density at radius 3 is 2.23 bits per heavy atom. The average Bonchev–Trinajstić information content (AvgIpc) is 2.99. The molecule has 1 saturated carbocycles. The van der Waals surface area contributed by atoms with Crippen molar-refractivity contribution in [2.24, 2.45) is 0 Å². The average molecular weight is 629 g/mol.